The molecule has 0 aliphatic heterocycles. The zero-order valence-electron chi connectivity index (χ0n) is 19.6. The van der Waals surface area contributed by atoms with E-state index in [1.165, 1.54) is 54.6 Å². The van der Waals surface area contributed by atoms with Crippen molar-refractivity contribution in [3.8, 4) is 11.1 Å². The standard InChI is InChI=1S/C27H20.2C2H6/c1-27(2)24-16-12-18-8-4-6-10-20(18)25(24)23-15-14-21-19-9-5-3-7-17(19)11-13-22(21)26(23)27;2*1-2/h3-16H,1-2H3;2*1-2H3. The Balaban J connectivity index is 0.000000549. The summed E-state index contributed by atoms with van der Waals surface area (Å²) in [5, 5.41) is 8.08. The van der Waals surface area contributed by atoms with Gasteiger partial charge in [0.05, 0.1) is 0 Å². The van der Waals surface area contributed by atoms with Crippen LogP contribution in [0.2, 0.25) is 0 Å². The molecule has 0 fully saturated rings. The van der Waals surface area contributed by atoms with E-state index in [9.17, 15) is 0 Å². The minimum atomic E-state index is -0.00331. The summed E-state index contributed by atoms with van der Waals surface area (Å²) in [4.78, 5) is 0. The van der Waals surface area contributed by atoms with Gasteiger partial charge in [0.25, 0.3) is 0 Å². The van der Waals surface area contributed by atoms with E-state index in [1.54, 1.807) is 0 Å². The van der Waals surface area contributed by atoms with Crippen LogP contribution in [0.5, 0.6) is 0 Å². The third kappa shape index (κ3) is 3.05. The Morgan fingerprint density at radius 2 is 1.03 bits per heavy atom. The molecule has 0 atom stereocenters. The van der Waals surface area contributed by atoms with Gasteiger partial charge < -0.3 is 0 Å². The Hall–Kier alpha value is -3.12. The molecule has 0 N–H and O–H groups in total. The molecular weight excluding hydrogens is 372 g/mol. The Morgan fingerprint density at radius 1 is 0.484 bits per heavy atom. The van der Waals surface area contributed by atoms with Gasteiger partial charge in [-0.3, -0.25) is 0 Å². The van der Waals surface area contributed by atoms with Crippen molar-refractivity contribution >= 4 is 32.3 Å². The number of benzene rings is 5. The molecule has 0 saturated carbocycles. The Bertz CT molecular complexity index is 1390. The van der Waals surface area contributed by atoms with E-state index in [2.05, 4.69) is 98.8 Å². The predicted octanol–water partition coefficient (Wildman–Crippen LogP) is 9.50. The molecule has 0 amide bonds. The average Bonchev–Trinajstić information content (AvgIpc) is 3.08. The third-order valence-corrected chi connectivity index (χ3v) is 6.42. The summed E-state index contributed by atoms with van der Waals surface area (Å²) >= 11 is 0. The van der Waals surface area contributed by atoms with Crippen LogP contribution in [0.15, 0.2) is 84.9 Å². The highest BCUT2D eigenvalue weighted by Gasteiger charge is 2.37. The Morgan fingerprint density at radius 3 is 1.74 bits per heavy atom. The van der Waals surface area contributed by atoms with Crippen molar-refractivity contribution in [3.63, 3.8) is 0 Å². The summed E-state index contributed by atoms with van der Waals surface area (Å²) in [7, 11) is 0. The molecule has 0 nitrogen and oxygen atoms in total. The smallest absolute Gasteiger partial charge is 0.0165 e. The fourth-order valence-corrected chi connectivity index (χ4v) is 5.19. The molecule has 0 aromatic heterocycles. The van der Waals surface area contributed by atoms with Gasteiger partial charge in [0.15, 0.2) is 0 Å². The number of fused-ring (bicyclic) bond motifs is 9. The summed E-state index contributed by atoms with van der Waals surface area (Å²) in [6.45, 7) is 12.8. The lowest BCUT2D eigenvalue weighted by atomic mass is 9.79. The van der Waals surface area contributed by atoms with E-state index in [4.69, 9.17) is 0 Å². The molecule has 0 saturated heterocycles. The zero-order chi connectivity index (χ0) is 22.2. The van der Waals surface area contributed by atoms with Gasteiger partial charge in [0.2, 0.25) is 0 Å². The van der Waals surface area contributed by atoms with Crippen molar-refractivity contribution in [1.29, 1.82) is 0 Å². The second-order valence-corrected chi connectivity index (χ2v) is 8.20. The lowest BCUT2D eigenvalue weighted by Crippen LogP contribution is -2.15. The normalized spacial score (nSPS) is 13.1. The monoisotopic (exact) mass is 404 g/mol. The third-order valence-electron chi connectivity index (χ3n) is 6.42. The van der Waals surface area contributed by atoms with E-state index in [-0.39, 0.29) is 5.41 Å². The minimum Gasteiger partial charge on any atom is -0.0683 e. The molecule has 5 aromatic rings. The van der Waals surface area contributed by atoms with Crippen LogP contribution in [0.25, 0.3) is 43.4 Å². The topological polar surface area (TPSA) is 0 Å². The highest BCUT2D eigenvalue weighted by Crippen LogP contribution is 2.53. The fraction of sp³-hybridized carbons (Fsp3) is 0.226. The van der Waals surface area contributed by atoms with Crippen molar-refractivity contribution in [2.24, 2.45) is 0 Å². The van der Waals surface area contributed by atoms with Gasteiger partial charge in [-0.15, -0.1) is 0 Å². The lowest BCUT2D eigenvalue weighted by Gasteiger charge is -2.23. The molecule has 1 aliphatic rings. The summed E-state index contributed by atoms with van der Waals surface area (Å²) in [5.41, 5.74) is 5.73. The second kappa shape index (κ2) is 8.19. The summed E-state index contributed by atoms with van der Waals surface area (Å²) in [5.74, 6) is 0. The van der Waals surface area contributed by atoms with Gasteiger partial charge in [-0.2, -0.15) is 0 Å². The highest BCUT2D eigenvalue weighted by atomic mass is 14.4. The maximum Gasteiger partial charge on any atom is 0.0165 e. The van der Waals surface area contributed by atoms with Gasteiger partial charge in [0, 0.05) is 5.41 Å². The Labute approximate surface area is 186 Å². The fourth-order valence-electron chi connectivity index (χ4n) is 5.19. The molecule has 0 unspecified atom stereocenters. The van der Waals surface area contributed by atoms with Gasteiger partial charge in [-0.1, -0.05) is 126 Å². The number of hydrogen-bond donors (Lipinski definition) is 0. The van der Waals surface area contributed by atoms with Crippen LogP contribution in [0.1, 0.15) is 52.7 Å². The predicted molar refractivity (Wildman–Crippen MR) is 139 cm³/mol. The van der Waals surface area contributed by atoms with Crippen molar-refractivity contribution in [3.05, 3.63) is 96.1 Å². The lowest BCUT2D eigenvalue weighted by molar-refractivity contribution is 0.667. The number of hydrogen-bond acceptors (Lipinski definition) is 0. The van der Waals surface area contributed by atoms with Crippen molar-refractivity contribution < 1.29 is 0 Å². The Kier molecular flexibility index (Phi) is 5.58. The molecule has 0 radical (unpaired) electrons. The summed E-state index contributed by atoms with van der Waals surface area (Å²) < 4.78 is 0. The van der Waals surface area contributed by atoms with Crippen LogP contribution < -0.4 is 0 Å². The van der Waals surface area contributed by atoms with Crippen LogP contribution in [0.3, 0.4) is 0 Å². The second-order valence-electron chi connectivity index (χ2n) is 8.20. The average molecular weight is 405 g/mol. The van der Waals surface area contributed by atoms with Gasteiger partial charge >= 0.3 is 0 Å². The van der Waals surface area contributed by atoms with E-state index >= 15 is 0 Å². The van der Waals surface area contributed by atoms with E-state index in [0.29, 0.717) is 0 Å². The quantitative estimate of drug-likeness (QED) is 0.225. The van der Waals surface area contributed by atoms with Gasteiger partial charge in [-0.25, -0.2) is 0 Å². The summed E-state index contributed by atoms with van der Waals surface area (Å²) in [6, 6.07) is 31.4. The van der Waals surface area contributed by atoms with Gasteiger partial charge in [0.1, 0.15) is 0 Å². The first-order chi connectivity index (χ1) is 15.2. The van der Waals surface area contributed by atoms with E-state index in [1.807, 2.05) is 27.7 Å². The molecule has 31 heavy (non-hydrogen) atoms. The first-order valence-corrected chi connectivity index (χ1v) is 11.6. The van der Waals surface area contributed by atoms with E-state index in [0.717, 1.165) is 0 Å². The summed E-state index contributed by atoms with van der Waals surface area (Å²) in [6.07, 6.45) is 0. The zero-order valence-corrected chi connectivity index (χ0v) is 19.6. The molecular formula is C31H32. The largest absolute Gasteiger partial charge is 0.0683 e. The van der Waals surface area contributed by atoms with Gasteiger partial charge in [-0.05, 0) is 54.6 Å². The highest BCUT2D eigenvalue weighted by molar-refractivity contribution is 6.13. The number of rotatable bonds is 0. The van der Waals surface area contributed by atoms with Crippen LogP contribution in [-0.2, 0) is 5.41 Å². The molecule has 0 spiro atoms. The molecule has 5 aromatic carbocycles. The molecule has 1 aliphatic carbocycles. The van der Waals surface area contributed by atoms with Crippen molar-refractivity contribution in [2.75, 3.05) is 0 Å². The SMILES string of the molecule is CC.CC.CC1(C)c2ccc3ccccc3c2-c2ccc3c(ccc4ccccc43)c21. The minimum absolute atomic E-state index is 0.00331. The molecule has 6 rings (SSSR count). The first kappa shape index (κ1) is 21.1. The molecule has 0 heterocycles. The maximum atomic E-state index is 2.38. The molecule has 156 valence electrons. The maximum absolute atomic E-state index is 2.38. The van der Waals surface area contributed by atoms with Crippen molar-refractivity contribution in [2.45, 2.75) is 47.0 Å². The first-order valence-electron chi connectivity index (χ1n) is 11.6. The molecule has 0 bridgehead atoms. The molecule has 0 heteroatoms. The van der Waals surface area contributed by atoms with Crippen LogP contribution in [0.4, 0.5) is 0 Å². The van der Waals surface area contributed by atoms with E-state index < -0.39 is 0 Å². The van der Waals surface area contributed by atoms with Crippen molar-refractivity contribution in [1.82, 2.24) is 0 Å². The van der Waals surface area contributed by atoms with Crippen LogP contribution >= 0.6 is 0 Å². The van der Waals surface area contributed by atoms with Crippen LogP contribution in [-0.4, -0.2) is 0 Å². The van der Waals surface area contributed by atoms with Crippen LogP contribution in [0, 0.1) is 0 Å².